The Balaban J connectivity index is 1.92. The minimum absolute atomic E-state index is 0.00348. The van der Waals surface area contributed by atoms with E-state index >= 15 is 0 Å². The average Bonchev–Trinajstić information content (AvgIpc) is 2.71. The molecular weight excluding hydrogens is 388 g/mol. The summed E-state index contributed by atoms with van der Waals surface area (Å²) in [5.41, 5.74) is 8.73. The van der Waals surface area contributed by atoms with Crippen LogP contribution in [0.5, 0.6) is 5.75 Å². The van der Waals surface area contributed by atoms with Crippen LogP contribution in [0.15, 0.2) is 71.1 Å². The van der Waals surface area contributed by atoms with Gasteiger partial charge in [-0.25, -0.2) is 0 Å². The van der Waals surface area contributed by atoms with E-state index in [1.807, 2.05) is 19.1 Å². The second-order valence-corrected chi connectivity index (χ2v) is 7.23. The van der Waals surface area contributed by atoms with Gasteiger partial charge in [-0.3, -0.25) is 9.78 Å². The van der Waals surface area contributed by atoms with Gasteiger partial charge in [0.2, 0.25) is 5.88 Å². The van der Waals surface area contributed by atoms with Gasteiger partial charge in [0.15, 0.2) is 0 Å². The molecule has 1 atom stereocenters. The molecular formula is C22H17ClN4O2. The molecule has 1 aliphatic rings. The number of rotatable bonds is 3. The number of aromatic nitrogens is 2. The van der Waals surface area contributed by atoms with Crippen LogP contribution in [0.4, 0.5) is 0 Å². The third kappa shape index (κ3) is 3.37. The fraction of sp³-hybridized carbons (Fsp3) is 0.136. The molecule has 0 aliphatic carbocycles. The minimum atomic E-state index is -0.630. The van der Waals surface area contributed by atoms with Crippen LogP contribution in [-0.4, -0.2) is 9.55 Å². The first kappa shape index (κ1) is 18.8. The van der Waals surface area contributed by atoms with Gasteiger partial charge >= 0.3 is 0 Å². The fourth-order valence-electron chi connectivity index (χ4n) is 3.55. The van der Waals surface area contributed by atoms with Crippen molar-refractivity contribution in [3.63, 3.8) is 0 Å². The molecule has 3 aromatic rings. The molecule has 2 aromatic heterocycles. The zero-order valence-corrected chi connectivity index (χ0v) is 16.3. The standard InChI is InChI=1S/C22H17ClN4O2/c1-13-9-18-20(22(28)27(13)12-14-3-2-8-26-11-14)19(17(10-24)21(25)29-18)15-4-6-16(23)7-5-15/h2-9,11,19H,12,25H2,1H3/t19-/m0/s1. The van der Waals surface area contributed by atoms with Gasteiger partial charge in [0.1, 0.15) is 17.4 Å². The van der Waals surface area contributed by atoms with Crippen LogP contribution in [0.1, 0.15) is 28.3 Å². The summed E-state index contributed by atoms with van der Waals surface area (Å²) < 4.78 is 7.31. The second-order valence-electron chi connectivity index (χ2n) is 6.79. The monoisotopic (exact) mass is 404 g/mol. The van der Waals surface area contributed by atoms with Crippen molar-refractivity contribution in [1.82, 2.24) is 9.55 Å². The zero-order valence-electron chi connectivity index (χ0n) is 15.6. The second kappa shape index (κ2) is 7.46. The Labute approximate surface area is 172 Å². The molecule has 1 aromatic carbocycles. The molecule has 0 spiro atoms. The van der Waals surface area contributed by atoms with Crippen molar-refractivity contribution in [2.24, 2.45) is 5.73 Å². The Kier molecular flexibility index (Phi) is 4.83. The maximum atomic E-state index is 13.5. The number of hydrogen-bond acceptors (Lipinski definition) is 5. The Morgan fingerprint density at radius 1 is 1.31 bits per heavy atom. The first-order chi connectivity index (χ1) is 14.0. The van der Waals surface area contributed by atoms with Gasteiger partial charge in [-0.05, 0) is 36.2 Å². The number of hydrogen-bond donors (Lipinski definition) is 1. The lowest BCUT2D eigenvalue weighted by atomic mass is 9.84. The van der Waals surface area contributed by atoms with Gasteiger partial charge in [-0.15, -0.1) is 0 Å². The van der Waals surface area contributed by atoms with E-state index in [1.165, 1.54) is 0 Å². The maximum Gasteiger partial charge on any atom is 0.259 e. The summed E-state index contributed by atoms with van der Waals surface area (Å²) in [5.74, 6) is -0.260. The van der Waals surface area contributed by atoms with Crippen LogP contribution < -0.4 is 16.0 Å². The van der Waals surface area contributed by atoms with Gasteiger partial charge in [-0.1, -0.05) is 29.8 Å². The normalized spacial score (nSPS) is 15.4. The number of allylic oxidation sites excluding steroid dienone is 1. The topological polar surface area (TPSA) is 93.9 Å². The molecule has 4 rings (SSSR count). The van der Waals surface area contributed by atoms with E-state index < -0.39 is 5.92 Å². The number of benzene rings is 1. The quantitative estimate of drug-likeness (QED) is 0.721. The molecule has 3 heterocycles. The maximum absolute atomic E-state index is 13.5. The Bertz CT molecular complexity index is 1210. The number of ether oxygens (including phenoxy) is 1. The SMILES string of the molecule is Cc1cc2c(c(=O)n1Cc1cccnc1)[C@@H](c1ccc(Cl)cc1)C(C#N)=C(N)O2. The van der Waals surface area contributed by atoms with Crippen molar-refractivity contribution in [3.8, 4) is 11.8 Å². The van der Waals surface area contributed by atoms with E-state index in [4.69, 9.17) is 22.1 Å². The number of fused-ring (bicyclic) bond motifs is 1. The molecule has 0 saturated heterocycles. The highest BCUT2D eigenvalue weighted by Crippen LogP contribution is 2.40. The van der Waals surface area contributed by atoms with E-state index in [9.17, 15) is 10.1 Å². The van der Waals surface area contributed by atoms with E-state index in [1.54, 1.807) is 47.3 Å². The molecule has 0 amide bonds. The van der Waals surface area contributed by atoms with Crippen molar-refractivity contribution in [2.45, 2.75) is 19.4 Å². The summed E-state index contributed by atoms with van der Waals surface area (Å²) in [4.78, 5) is 17.6. The molecule has 0 radical (unpaired) electrons. The summed E-state index contributed by atoms with van der Waals surface area (Å²) >= 11 is 6.02. The smallest absolute Gasteiger partial charge is 0.259 e. The van der Waals surface area contributed by atoms with Gasteiger partial charge in [0.25, 0.3) is 5.56 Å². The first-order valence-corrected chi connectivity index (χ1v) is 9.33. The Morgan fingerprint density at radius 2 is 2.07 bits per heavy atom. The van der Waals surface area contributed by atoms with Crippen molar-refractivity contribution < 1.29 is 4.74 Å². The third-order valence-electron chi connectivity index (χ3n) is 4.96. The third-order valence-corrected chi connectivity index (χ3v) is 5.21. The number of halogens is 1. The summed E-state index contributed by atoms with van der Waals surface area (Å²) in [6.07, 6.45) is 3.40. The first-order valence-electron chi connectivity index (χ1n) is 8.96. The van der Waals surface area contributed by atoms with Crippen LogP contribution in [0.25, 0.3) is 0 Å². The van der Waals surface area contributed by atoms with Crippen LogP contribution in [0.2, 0.25) is 5.02 Å². The van der Waals surface area contributed by atoms with E-state index in [2.05, 4.69) is 11.1 Å². The van der Waals surface area contributed by atoms with Crippen LogP contribution in [0.3, 0.4) is 0 Å². The number of pyridine rings is 2. The molecule has 7 heteroatoms. The van der Waals surface area contributed by atoms with Crippen molar-refractivity contribution in [1.29, 1.82) is 5.26 Å². The Hall–Kier alpha value is -3.56. The molecule has 1 aliphatic heterocycles. The van der Waals surface area contributed by atoms with Gasteiger partial charge in [0.05, 0.1) is 18.0 Å². The lowest BCUT2D eigenvalue weighted by molar-refractivity contribution is 0.389. The lowest BCUT2D eigenvalue weighted by Crippen LogP contribution is -2.33. The van der Waals surface area contributed by atoms with E-state index in [0.29, 0.717) is 22.9 Å². The number of aryl methyl sites for hydroxylation is 1. The lowest BCUT2D eigenvalue weighted by Gasteiger charge is -2.27. The minimum Gasteiger partial charge on any atom is -0.440 e. The molecule has 2 N–H and O–H groups in total. The van der Waals surface area contributed by atoms with Crippen LogP contribution in [0, 0.1) is 18.3 Å². The highest BCUT2D eigenvalue weighted by Gasteiger charge is 2.34. The molecule has 0 bridgehead atoms. The predicted molar refractivity (Wildman–Crippen MR) is 110 cm³/mol. The summed E-state index contributed by atoms with van der Waals surface area (Å²) in [6.45, 7) is 2.19. The molecule has 0 fully saturated rings. The van der Waals surface area contributed by atoms with Gasteiger partial charge in [-0.2, -0.15) is 5.26 Å². The zero-order chi connectivity index (χ0) is 20.5. The van der Waals surface area contributed by atoms with Gasteiger partial charge < -0.3 is 15.0 Å². The van der Waals surface area contributed by atoms with Crippen molar-refractivity contribution >= 4 is 11.6 Å². The fourth-order valence-corrected chi connectivity index (χ4v) is 3.67. The van der Waals surface area contributed by atoms with Crippen molar-refractivity contribution in [2.75, 3.05) is 0 Å². The number of nitrogens with two attached hydrogens (primary N) is 1. The summed E-state index contributed by atoms with van der Waals surface area (Å²) in [7, 11) is 0. The highest BCUT2D eigenvalue weighted by molar-refractivity contribution is 6.30. The Morgan fingerprint density at radius 3 is 2.72 bits per heavy atom. The molecule has 144 valence electrons. The molecule has 0 unspecified atom stereocenters. The highest BCUT2D eigenvalue weighted by atomic mass is 35.5. The molecule has 0 saturated carbocycles. The number of nitriles is 1. The summed E-state index contributed by atoms with van der Waals surface area (Å²) in [6, 6.07) is 14.6. The van der Waals surface area contributed by atoms with Crippen LogP contribution in [-0.2, 0) is 6.54 Å². The van der Waals surface area contributed by atoms with Gasteiger partial charge in [0, 0.05) is 29.2 Å². The van der Waals surface area contributed by atoms with E-state index in [-0.39, 0.29) is 17.0 Å². The predicted octanol–water partition coefficient (Wildman–Crippen LogP) is 3.47. The molecule has 6 nitrogen and oxygen atoms in total. The number of nitrogens with zero attached hydrogens (tertiary/aromatic N) is 3. The summed E-state index contributed by atoms with van der Waals surface area (Å²) in [5, 5.41) is 10.3. The van der Waals surface area contributed by atoms with Crippen molar-refractivity contribution in [3.05, 3.63) is 104 Å². The molecule has 29 heavy (non-hydrogen) atoms. The van der Waals surface area contributed by atoms with E-state index in [0.717, 1.165) is 16.8 Å². The van der Waals surface area contributed by atoms with Crippen LogP contribution >= 0.6 is 11.6 Å². The largest absolute Gasteiger partial charge is 0.440 e. The average molecular weight is 405 g/mol.